The van der Waals surface area contributed by atoms with Crippen molar-refractivity contribution in [1.29, 1.82) is 0 Å². The third kappa shape index (κ3) is 4.55. The molecule has 0 spiro atoms. The van der Waals surface area contributed by atoms with E-state index < -0.39 is 0 Å². The summed E-state index contributed by atoms with van der Waals surface area (Å²) in [6.45, 7) is 5.09. The Balaban J connectivity index is 2.30. The predicted molar refractivity (Wildman–Crippen MR) is 130 cm³/mol. The van der Waals surface area contributed by atoms with Gasteiger partial charge < -0.3 is 29.7 Å². The van der Waals surface area contributed by atoms with Crippen LogP contribution in [0.15, 0.2) is 29.1 Å². The molecule has 2 aromatic carbocycles. The molecule has 33 heavy (non-hydrogen) atoms. The Labute approximate surface area is 194 Å². The smallest absolute Gasteiger partial charge is 0.317 e. The maximum Gasteiger partial charge on any atom is 0.317 e. The van der Waals surface area contributed by atoms with Gasteiger partial charge >= 0.3 is 6.03 Å². The number of hydrogen-bond acceptors (Lipinski definition) is 6. The number of benzene rings is 1. The average Bonchev–Trinajstić information content (AvgIpc) is 3.07. The topological polar surface area (TPSA) is 89.1 Å². The van der Waals surface area contributed by atoms with E-state index in [9.17, 15) is 9.59 Å². The van der Waals surface area contributed by atoms with E-state index in [1.807, 2.05) is 26.0 Å². The zero-order valence-corrected chi connectivity index (χ0v) is 20.2. The molecule has 0 unspecified atom stereocenters. The summed E-state index contributed by atoms with van der Waals surface area (Å²) < 4.78 is 17.0. The number of carbonyl (C=O) groups excluding carboxylic acids is 1. The molecule has 2 amide bonds. The van der Waals surface area contributed by atoms with Gasteiger partial charge in [0.05, 0.1) is 33.1 Å². The molecule has 8 heteroatoms. The summed E-state index contributed by atoms with van der Waals surface area (Å²) in [5, 5.41) is 6.10. The quantitative estimate of drug-likeness (QED) is 0.660. The van der Waals surface area contributed by atoms with Gasteiger partial charge in [0.2, 0.25) is 11.2 Å². The predicted octanol–water partition coefficient (Wildman–Crippen LogP) is 3.82. The Morgan fingerprint density at radius 3 is 2.33 bits per heavy atom. The Morgan fingerprint density at radius 1 is 1.06 bits per heavy atom. The summed E-state index contributed by atoms with van der Waals surface area (Å²) in [5.74, 6) is 1.59. The lowest BCUT2D eigenvalue weighted by Gasteiger charge is -2.24. The molecular formula is C25H33N3O5. The van der Waals surface area contributed by atoms with E-state index >= 15 is 0 Å². The highest BCUT2D eigenvalue weighted by molar-refractivity contribution is 5.84. The zero-order chi connectivity index (χ0) is 24.1. The van der Waals surface area contributed by atoms with Crippen molar-refractivity contribution >= 4 is 11.7 Å². The Bertz CT molecular complexity index is 1080. The molecule has 178 valence electrons. The fraction of sp³-hybridized carbons (Fsp3) is 0.440. The van der Waals surface area contributed by atoms with Crippen molar-refractivity contribution in [2.75, 3.05) is 46.8 Å². The standard InChI is InChI=1S/C25H33N3O5/c1-7-28(8-2)25(30)27-18-11-9-15-13-21(31-4)23(32-5)24(33-6)22(15)16-10-12-19(26-3)20(29)14-17(16)18/h10,12-14,18H,7-9,11H2,1-6H3,(H,26,29)(H,27,30)/t18-/m0/s1. The first-order chi connectivity index (χ1) is 15.9. The summed E-state index contributed by atoms with van der Waals surface area (Å²) in [4.78, 5) is 27.6. The first-order valence-electron chi connectivity index (χ1n) is 11.2. The van der Waals surface area contributed by atoms with Crippen molar-refractivity contribution in [3.05, 3.63) is 45.6 Å². The van der Waals surface area contributed by atoms with Crippen LogP contribution in [0, 0.1) is 0 Å². The van der Waals surface area contributed by atoms with Gasteiger partial charge in [-0.3, -0.25) is 4.79 Å². The Hall–Kier alpha value is -3.42. The van der Waals surface area contributed by atoms with Crippen molar-refractivity contribution in [3.8, 4) is 28.4 Å². The molecule has 0 saturated heterocycles. The summed E-state index contributed by atoms with van der Waals surface area (Å²) in [7, 11) is 6.45. The van der Waals surface area contributed by atoms with Gasteiger partial charge in [0.15, 0.2) is 11.5 Å². The molecule has 1 atom stereocenters. The van der Waals surface area contributed by atoms with Crippen LogP contribution in [0.1, 0.15) is 37.4 Å². The van der Waals surface area contributed by atoms with E-state index in [0.717, 1.165) is 22.3 Å². The van der Waals surface area contributed by atoms with E-state index in [1.165, 1.54) is 0 Å². The molecule has 0 aliphatic heterocycles. The van der Waals surface area contributed by atoms with Gasteiger partial charge in [-0.15, -0.1) is 0 Å². The highest BCUT2D eigenvalue weighted by Crippen LogP contribution is 2.50. The number of urea groups is 1. The normalized spacial score (nSPS) is 14.3. The first kappa shape index (κ1) is 24.2. The lowest BCUT2D eigenvalue weighted by Crippen LogP contribution is -2.41. The highest BCUT2D eigenvalue weighted by atomic mass is 16.5. The SMILES string of the molecule is CCN(CC)C(=O)N[C@H]1CCc2cc(OC)c(OC)c(OC)c2-c2ccc(NC)c(=O)cc21. The number of aryl methyl sites for hydroxylation is 1. The third-order valence-electron chi connectivity index (χ3n) is 6.16. The molecule has 2 aromatic rings. The van der Waals surface area contributed by atoms with Crippen LogP contribution >= 0.6 is 0 Å². The van der Waals surface area contributed by atoms with Crippen molar-refractivity contribution in [3.63, 3.8) is 0 Å². The van der Waals surface area contributed by atoms with Gasteiger partial charge in [0, 0.05) is 25.7 Å². The summed E-state index contributed by atoms with van der Waals surface area (Å²) >= 11 is 0. The second-order valence-corrected chi connectivity index (χ2v) is 7.77. The van der Waals surface area contributed by atoms with Crippen molar-refractivity contribution in [2.24, 2.45) is 0 Å². The van der Waals surface area contributed by atoms with E-state index in [-0.39, 0.29) is 17.5 Å². The van der Waals surface area contributed by atoms with Crippen LogP contribution < -0.4 is 30.3 Å². The maximum atomic E-state index is 12.9. The van der Waals surface area contributed by atoms with E-state index in [0.29, 0.717) is 48.9 Å². The fourth-order valence-electron chi connectivity index (χ4n) is 4.42. The summed E-state index contributed by atoms with van der Waals surface area (Å²) in [5.41, 5.74) is 3.70. The lowest BCUT2D eigenvalue weighted by atomic mass is 9.95. The number of hydrogen-bond donors (Lipinski definition) is 2. The lowest BCUT2D eigenvalue weighted by molar-refractivity contribution is 0.198. The number of ether oxygens (including phenoxy) is 3. The molecule has 1 aliphatic carbocycles. The van der Waals surface area contributed by atoms with E-state index in [2.05, 4.69) is 10.6 Å². The minimum atomic E-state index is -0.355. The fourth-order valence-corrected chi connectivity index (χ4v) is 4.42. The van der Waals surface area contributed by atoms with Gasteiger partial charge in [-0.1, -0.05) is 6.07 Å². The second kappa shape index (κ2) is 10.5. The number of carbonyl (C=O) groups is 1. The highest BCUT2D eigenvalue weighted by Gasteiger charge is 2.30. The number of fused-ring (bicyclic) bond motifs is 3. The van der Waals surface area contributed by atoms with Crippen molar-refractivity contribution in [1.82, 2.24) is 10.2 Å². The number of methoxy groups -OCH3 is 3. The molecular weight excluding hydrogens is 422 g/mol. The molecule has 0 saturated carbocycles. The van der Waals surface area contributed by atoms with E-state index in [4.69, 9.17) is 14.2 Å². The zero-order valence-electron chi connectivity index (χ0n) is 20.2. The summed E-state index contributed by atoms with van der Waals surface area (Å²) in [6.07, 6.45) is 1.27. The molecule has 2 N–H and O–H groups in total. The van der Waals surface area contributed by atoms with E-state index in [1.54, 1.807) is 45.4 Å². The van der Waals surface area contributed by atoms with Gasteiger partial charge in [-0.2, -0.15) is 0 Å². The molecule has 0 heterocycles. The minimum Gasteiger partial charge on any atom is -0.493 e. The molecule has 0 radical (unpaired) electrons. The molecule has 0 bridgehead atoms. The number of rotatable bonds is 7. The maximum absolute atomic E-state index is 12.9. The van der Waals surface area contributed by atoms with Crippen molar-refractivity contribution in [2.45, 2.75) is 32.7 Å². The van der Waals surface area contributed by atoms with Crippen LogP contribution in [-0.4, -0.2) is 52.4 Å². The van der Waals surface area contributed by atoms with Crippen LogP contribution in [0.25, 0.3) is 11.1 Å². The second-order valence-electron chi connectivity index (χ2n) is 7.77. The summed E-state index contributed by atoms with van der Waals surface area (Å²) in [6, 6.07) is 6.70. The first-order valence-corrected chi connectivity index (χ1v) is 11.2. The number of nitrogens with zero attached hydrogens (tertiary/aromatic N) is 1. The van der Waals surface area contributed by atoms with Crippen LogP contribution in [0.3, 0.4) is 0 Å². The molecule has 8 nitrogen and oxygen atoms in total. The van der Waals surface area contributed by atoms with Crippen LogP contribution in [0.4, 0.5) is 10.5 Å². The largest absolute Gasteiger partial charge is 0.493 e. The molecule has 1 aliphatic rings. The van der Waals surface area contributed by atoms with Crippen LogP contribution in [-0.2, 0) is 6.42 Å². The van der Waals surface area contributed by atoms with Gasteiger partial charge in [-0.05, 0) is 61.6 Å². The molecule has 3 rings (SSSR count). The Morgan fingerprint density at radius 2 is 1.76 bits per heavy atom. The van der Waals surface area contributed by atoms with Gasteiger partial charge in [-0.25, -0.2) is 4.79 Å². The average molecular weight is 456 g/mol. The third-order valence-corrected chi connectivity index (χ3v) is 6.16. The van der Waals surface area contributed by atoms with Gasteiger partial charge in [0.1, 0.15) is 0 Å². The van der Waals surface area contributed by atoms with Gasteiger partial charge in [0.25, 0.3) is 0 Å². The molecule has 0 fully saturated rings. The van der Waals surface area contributed by atoms with Crippen molar-refractivity contribution < 1.29 is 19.0 Å². The number of amides is 2. The monoisotopic (exact) mass is 455 g/mol. The molecule has 0 aromatic heterocycles. The minimum absolute atomic E-state index is 0.149. The van der Waals surface area contributed by atoms with Crippen LogP contribution in [0.2, 0.25) is 0 Å². The van der Waals surface area contributed by atoms with Crippen LogP contribution in [0.5, 0.6) is 17.2 Å². The Kier molecular flexibility index (Phi) is 7.68. The number of nitrogens with one attached hydrogen (secondary N) is 2. The number of anilines is 1.